The van der Waals surface area contributed by atoms with E-state index >= 15 is 0 Å². The second-order valence-electron chi connectivity index (χ2n) is 7.54. The Kier molecular flexibility index (Phi) is 6.53. The highest BCUT2D eigenvalue weighted by Crippen LogP contribution is 2.29. The standard InChI is InChI=1S/C25H20F3N5O/c1-16-7-8-18(23(34)31-14-17-4-2-6-20(12-17)25(26,27)28)13-22(16)33-24-30-11-9-21(32-24)19-5-3-10-29-15-19/h2-13,15H,14H2,1H3,(H,31,34)(H,30,32,33). The number of anilines is 2. The first kappa shape index (κ1) is 22.9. The molecule has 1 amide bonds. The van der Waals surface area contributed by atoms with Gasteiger partial charge >= 0.3 is 6.18 Å². The lowest BCUT2D eigenvalue weighted by atomic mass is 10.1. The van der Waals surface area contributed by atoms with Gasteiger partial charge in [0.1, 0.15) is 0 Å². The van der Waals surface area contributed by atoms with Gasteiger partial charge in [0.2, 0.25) is 5.95 Å². The summed E-state index contributed by atoms with van der Waals surface area (Å²) in [5.41, 5.74) is 2.98. The maximum Gasteiger partial charge on any atom is 0.416 e. The van der Waals surface area contributed by atoms with Crippen LogP contribution in [0.25, 0.3) is 11.3 Å². The molecule has 0 aliphatic carbocycles. The molecule has 0 unspecified atom stereocenters. The molecular formula is C25H20F3N5O. The average Bonchev–Trinajstić information content (AvgIpc) is 2.84. The van der Waals surface area contributed by atoms with Crippen LogP contribution >= 0.6 is 0 Å². The van der Waals surface area contributed by atoms with Crippen molar-refractivity contribution < 1.29 is 18.0 Å². The van der Waals surface area contributed by atoms with Gasteiger partial charge in [0.25, 0.3) is 5.91 Å². The highest BCUT2D eigenvalue weighted by atomic mass is 19.4. The molecule has 2 aromatic heterocycles. The molecule has 2 heterocycles. The number of hydrogen-bond donors (Lipinski definition) is 2. The topological polar surface area (TPSA) is 79.8 Å². The van der Waals surface area contributed by atoms with E-state index in [4.69, 9.17) is 0 Å². The van der Waals surface area contributed by atoms with E-state index < -0.39 is 17.6 Å². The number of aryl methyl sites for hydroxylation is 1. The highest BCUT2D eigenvalue weighted by Gasteiger charge is 2.30. The zero-order chi connectivity index (χ0) is 24.1. The van der Waals surface area contributed by atoms with Crippen LogP contribution in [-0.2, 0) is 12.7 Å². The minimum atomic E-state index is -4.44. The van der Waals surface area contributed by atoms with Crippen molar-refractivity contribution in [2.45, 2.75) is 19.6 Å². The van der Waals surface area contributed by atoms with Crippen molar-refractivity contribution in [3.8, 4) is 11.3 Å². The third kappa shape index (κ3) is 5.55. The average molecular weight is 463 g/mol. The molecule has 4 rings (SSSR count). The van der Waals surface area contributed by atoms with Crippen molar-refractivity contribution >= 4 is 17.5 Å². The predicted molar refractivity (Wildman–Crippen MR) is 122 cm³/mol. The van der Waals surface area contributed by atoms with Gasteiger partial charge in [-0.2, -0.15) is 13.2 Å². The van der Waals surface area contributed by atoms with Crippen LogP contribution in [-0.4, -0.2) is 20.9 Å². The molecule has 0 aliphatic heterocycles. The van der Waals surface area contributed by atoms with Gasteiger partial charge in [0.15, 0.2) is 0 Å². The smallest absolute Gasteiger partial charge is 0.348 e. The molecule has 0 radical (unpaired) electrons. The Morgan fingerprint density at radius 2 is 1.85 bits per heavy atom. The van der Waals surface area contributed by atoms with E-state index in [2.05, 4.69) is 25.6 Å². The Balaban J connectivity index is 1.48. The van der Waals surface area contributed by atoms with Crippen LogP contribution in [0.5, 0.6) is 0 Å². The summed E-state index contributed by atoms with van der Waals surface area (Å²) in [6, 6.07) is 15.4. The van der Waals surface area contributed by atoms with E-state index in [-0.39, 0.29) is 6.54 Å². The summed E-state index contributed by atoms with van der Waals surface area (Å²) < 4.78 is 38.7. The van der Waals surface area contributed by atoms with Gasteiger partial charge in [-0.3, -0.25) is 9.78 Å². The number of amides is 1. The van der Waals surface area contributed by atoms with Gasteiger partial charge in [-0.15, -0.1) is 0 Å². The Bertz CT molecular complexity index is 1310. The summed E-state index contributed by atoms with van der Waals surface area (Å²) in [6.07, 6.45) is 0.566. The maximum atomic E-state index is 12.9. The summed E-state index contributed by atoms with van der Waals surface area (Å²) in [5.74, 6) is -0.0588. The number of aromatic nitrogens is 3. The van der Waals surface area contributed by atoms with Crippen LogP contribution in [0, 0.1) is 6.92 Å². The zero-order valence-corrected chi connectivity index (χ0v) is 18.1. The third-order valence-corrected chi connectivity index (χ3v) is 5.07. The lowest BCUT2D eigenvalue weighted by molar-refractivity contribution is -0.137. The molecule has 0 atom stereocenters. The Morgan fingerprint density at radius 3 is 2.62 bits per heavy atom. The summed E-state index contributed by atoms with van der Waals surface area (Å²) in [7, 11) is 0. The van der Waals surface area contributed by atoms with Gasteiger partial charge in [-0.05, 0) is 60.5 Å². The van der Waals surface area contributed by atoms with E-state index in [1.165, 1.54) is 12.1 Å². The molecule has 0 spiro atoms. The SMILES string of the molecule is Cc1ccc(C(=O)NCc2cccc(C(F)(F)F)c2)cc1Nc1nccc(-c2cccnc2)n1. The molecular weight excluding hydrogens is 443 g/mol. The number of carbonyl (C=O) groups excluding carboxylic acids is 1. The minimum absolute atomic E-state index is 0.0321. The first-order valence-corrected chi connectivity index (χ1v) is 10.3. The van der Waals surface area contributed by atoms with Crippen molar-refractivity contribution in [2.24, 2.45) is 0 Å². The van der Waals surface area contributed by atoms with E-state index in [9.17, 15) is 18.0 Å². The lowest BCUT2D eigenvalue weighted by Crippen LogP contribution is -2.23. The number of hydrogen-bond acceptors (Lipinski definition) is 5. The van der Waals surface area contributed by atoms with Crippen molar-refractivity contribution in [1.82, 2.24) is 20.3 Å². The summed E-state index contributed by atoms with van der Waals surface area (Å²) in [6.45, 7) is 1.84. The monoisotopic (exact) mass is 463 g/mol. The molecule has 0 fully saturated rings. The first-order valence-electron chi connectivity index (χ1n) is 10.3. The second kappa shape index (κ2) is 9.70. The molecule has 6 nitrogen and oxygen atoms in total. The summed E-state index contributed by atoms with van der Waals surface area (Å²) >= 11 is 0. The maximum absolute atomic E-state index is 12.9. The third-order valence-electron chi connectivity index (χ3n) is 5.07. The Labute approximate surface area is 193 Å². The number of pyridine rings is 1. The second-order valence-corrected chi connectivity index (χ2v) is 7.54. The fourth-order valence-corrected chi connectivity index (χ4v) is 3.25. The molecule has 0 aliphatic rings. The number of carbonyl (C=O) groups is 1. The van der Waals surface area contributed by atoms with Crippen LogP contribution in [0.4, 0.5) is 24.8 Å². The van der Waals surface area contributed by atoms with E-state index in [0.717, 1.165) is 23.3 Å². The number of nitrogens with zero attached hydrogens (tertiary/aromatic N) is 3. The first-order chi connectivity index (χ1) is 16.3. The number of rotatable bonds is 6. The number of alkyl halides is 3. The van der Waals surface area contributed by atoms with Gasteiger partial charge in [-0.1, -0.05) is 18.2 Å². The molecule has 2 N–H and O–H groups in total. The molecule has 172 valence electrons. The molecule has 0 bridgehead atoms. The van der Waals surface area contributed by atoms with Crippen molar-refractivity contribution in [2.75, 3.05) is 5.32 Å². The van der Waals surface area contributed by atoms with Crippen molar-refractivity contribution in [1.29, 1.82) is 0 Å². The van der Waals surface area contributed by atoms with Crippen LogP contribution in [0.3, 0.4) is 0 Å². The highest BCUT2D eigenvalue weighted by molar-refractivity contribution is 5.95. The lowest BCUT2D eigenvalue weighted by Gasteiger charge is -2.12. The molecule has 9 heteroatoms. The van der Waals surface area contributed by atoms with Crippen molar-refractivity contribution in [3.63, 3.8) is 0 Å². The van der Waals surface area contributed by atoms with Crippen LogP contribution in [0.1, 0.15) is 27.0 Å². The van der Waals surface area contributed by atoms with E-state index in [1.807, 2.05) is 19.1 Å². The molecule has 4 aromatic rings. The normalized spacial score (nSPS) is 11.2. The largest absolute Gasteiger partial charge is 0.416 e. The molecule has 2 aromatic carbocycles. The van der Waals surface area contributed by atoms with Crippen LogP contribution in [0.15, 0.2) is 79.3 Å². The zero-order valence-electron chi connectivity index (χ0n) is 18.1. The van der Waals surface area contributed by atoms with Gasteiger partial charge in [0.05, 0.1) is 11.3 Å². The number of nitrogens with one attached hydrogen (secondary N) is 2. The van der Waals surface area contributed by atoms with Crippen molar-refractivity contribution in [3.05, 3.63) is 102 Å². The fourth-order valence-electron chi connectivity index (χ4n) is 3.25. The summed E-state index contributed by atoms with van der Waals surface area (Å²) in [4.78, 5) is 25.5. The van der Waals surface area contributed by atoms with Gasteiger partial charge in [0, 0.05) is 41.9 Å². The minimum Gasteiger partial charge on any atom is -0.348 e. The molecule has 0 saturated carbocycles. The number of benzene rings is 2. The molecule has 0 saturated heterocycles. The Morgan fingerprint density at radius 1 is 1.00 bits per heavy atom. The van der Waals surface area contributed by atoms with Crippen LogP contribution in [0.2, 0.25) is 0 Å². The number of halogens is 3. The van der Waals surface area contributed by atoms with Gasteiger partial charge < -0.3 is 10.6 Å². The van der Waals surface area contributed by atoms with Crippen LogP contribution < -0.4 is 10.6 Å². The van der Waals surface area contributed by atoms with E-state index in [0.29, 0.717) is 28.5 Å². The molecule has 34 heavy (non-hydrogen) atoms. The predicted octanol–water partition coefficient (Wildman–Crippen LogP) is 5.54. The quantitative estimate of drug-likeness (QED) is 0.393. The van der Waals surface area contributed by atoms with E-state index in [1.54, 1.807) is 42.9 Å². The Hall–Kier alpha value is -4.27. The van der Waals surface area contributed by atoms with Gasteiger partial charge in [-0.25, -0.2) is 9.97 Å². The fraction of sp³-hybridized carbons (Fsp3) is 0.120. The summed E-state index contributed by atoms with van der Waals surface area (Å²) in [5, 5.41) is 5.79.